The van der Waals surface area contributed by atoms with Crippen LogP contribution in [-0.4, -0.2) is 49.4 Å². The smallest absolute Gasteiger partial charge is 0.267 e. The number of morpholine rings is 1. The fourth-order valence-electron chi connectivity index (χ4n) is 3.76. The second kappa shape index (κ2) is 10.2. The maximum Gasteiger partial charge on any atom is 0.267 e. The number of thioether (sulfide) groups is 1. The van der Waals surface area contributed by atoms with Gasteiger partial charge in [0.05, 0.1) is 37.5 Å². The first kappa shape index (κ1) is 22.3. The van der Waals surface area contributed by atoms with Crippen molar-refractivity contribution in [1.29, 1.82) is 0 Å². The number of rotatable bonds is 6. The number of methoxy groups -OCH3 is 1. The highest BCUT2D eigenvalue weighted by Crippen LogP contribution is 2.36. The Hall–Kier alpha value is -3.49. The predicted octanol–water partition coefficient (Wildman–Crippen LogP) is 4.93. The van der Waals surface area contributed by atoms with E-state index >= 15 is 0 Å². The van der Waals surface area contributed by atoms with Gasteiger partial charge in [0.2, 0.25) is 0 Å². The summed E-state index contributed by atoms with van der Waals surface area (Å²) in [6.07, 6.45) is 1.80. The average molecular weight is 476 g/mol. The van der Waals surface area contributed by atoms with Crippen LogP contribution in [-0.2, 0) is 16.1 Å². The van der Waals surface area contributed by atoms with Crippen LogP contribution in [0.4, 0.5) is 11.6 Å². The number of para-hydroxylation sites is 1. The Balaban J connectivity index is 1.41. The largest absolute Gasteiger partial charge is 0.497 e. The summed E-state index contributed by atoms with van der Waals surface area (Å²) in [6.45, 7) is 3.37. The second-order valence-corrected chi connectivity index (χ2v) is 8.86. The van der Waals surface area contributed by atoms with Gasteiger partial charge in [-0.1, -0.05) is 30.3 Å². The van der Waals surface area contributed by atoms with E-state index in [0.717, 1.165) is 36.0 Å². The molecule has 2 aromatic carbocycles. The third-order valence-corrected chi connectivity index (χ3v) is 6.58. The van der Waals surface area contributed by atoms with Crippen molar-refractivity contribution in [3.8, 4) is 5.75 Å². The highest BCUT2D eigenvalue weighted by molar-refractivity contribution is 8.18. The highest BCUT2D eigenvalue weighted by atomic mass is 32.2. The van der Waals surface area contributed by atoms with Crippen LogP contribution in [0.3, 0.4) is 0 Å². The van der Waals surface area contributed by atoms with Crippen molar-refractivity contribution in [3.05, 3.63) is 83.0 Å². The van der Waals surface area contributed by atoms with Gasteiger partial charge in [-0.3, -0.25) is 9.69 Å². The molecule has 34 heavy (non-hydrogen) atoms. The monoisotopic (exact) mass is 475 g/mol. The SMILES string of the molecule is COc1ccc(CN2C(=O)/C(=C/c3ccc(N4CCOCC4)o3)SC2=Nc2ccccc2)cc1. The van der Waals surface area contributed by atoms with Crippen LogP contribution in [0.2, 0.25) is 0 Å². The van der Waals surface area contributed by atoms with Crippen molar-refractivity contribution in [1.82, 2.24) is 4.90 Å². The second-order valence-electron chi connectivity index (χ2n) is 7.86. The highest BCUT2D eigenvalue weighted by Gasteiger charge is 2.34. The van der Waals surface area contributed by atoms with Gasteiger partial charge in [0.25, 0.3) is 5.91 Å². The lowest BCUT2D eigenvalue weighted by atomic mass is 10.2. The summed E-state index contributed by atoms with van der Waals surface area (Å²) in [5.41, 5.74) is 1.79. The predicted molar refractivity (Wildman–Crippen MR) is 134 cm³/mol. The lowest BCUT2D eigenvalue weighted by Gasteiger charge is -2.26. The number of hydrogen-bond donors (Lipinski definition) is 0. The molecule has 8 heteroatoms. The molecule has 0 unspecified atom stereocenters. The average Bonchev–Trinajstić information content (AvgIpc) is 3.46. The van der Waals surface area contributed by atoms with E-state index in [1.54, 1.807) is 18.1 Å². The summed E-state index contributed by atoms with van der Waals surface area (Å²) in [6, 6.07) is 21.2. The van der Waals surface area contributed by atoms with Gasteiger partial charge in [-0.15, -0.1) is 0 Å². The van der Waals surface area contributed by atoms with Gasteiger partial charge >= 0.3 is 0 Å². The Morgan fingerprint density at radius 2 is 1.79 bits per heavy atom. The van der Waals surface area contributed by atoms with E-state index in [9.17, 15) is 4.79 Å². The summed E-state index contributed by atoms with van der Waals surface area (Å²) in [4.78, 5) is 22.6. The van der Waals surface area contributed by atoms with Crippen LogP contribution < -0.4 is 9.64 Å². The van der Waals surface area contributed by atoms with E-state index in [-0.39, 0.29) is 5.91 Å². The summed E-state index contributed by atoms with van der Waals surface area (Å²) in [7, 11) is 1.64. The van der Waals surface area contributed by atoms with Gasteiger partial charge in [0.1, 0.15) is 11.5 Å². The number of amides is 1. The molecule has 0 saturated carbocycles. The summed E-state index contributed by atoms with van der Waals surface area (Å²) < 4.78 is 16.7. The van der Waals surface area contributed by atoms with Crippen LogP contribution in [0.1, 0.15) is 11.3 Å². The molecular formula is C26H25N3O4S. The van der Waals surface area contributed by atoms with Crippen molar-refractivity contribution in [2.45, 2.75) is 6.54 Å². The van der Waals surface area contributed by atoms with Gasteiger partial charge in [0.15, 0.2) is 11.1 Å². The molecule has 0 aliphatic carbocycles. The van der Waals surface area contributed by atoms with E-state index in [1.807, 2.05) is 66.7 Å². The summed E-state index contributed by atoms with van der Waals surface area (Å²) in [5, 5.41) is 0.637. The molecule has 7 nitrogen and oxygen atoms in total. The zero-order valence-electron chi connectivity index (χ0n) is 18.8. The minimum absolute atomic E-state index is 0.0974. The van der Waals surface area contributed by atoms with E-state index in [1.165, 1.54) is 11.8 Å². The molecule has 0 spiro atoms. The number of nitrogens with zero attached hydrogens (tertiary/aromatic N) is 3. The third-order valence-electron chi connectivity index (χ3n) is 5.58. The zero-order chi connectivity index (χ0) is 23.3. The molecule has 2 fully saturated rings. The number of anilines is 1. The number of furan rings is 1. The Morgan fingerprint density at radius 3 is 2.53 bits per heavy atom. The van der Waals surface area contributed by atoms with Crippen molar-refractivity contribution in [2.75, 3.05) is 38.3 Å². The summed E-state index contributed by atoms with van der Waals surface area (Å²) >= 11 is 1.36. The zero-order valence-corrected chi connectivity index (χ0v) is 19.7. The number of carbonyl (C=O) groups is 1. The first-order valence-corrected chi connectivity index (χ1v) is 11.9. The van der Waals surface area contributed by atoms with Crippen molar-refractivity contribution in [2.24, 2.45) is 4.99 Å². The van der Waals surface area contributed by atoms with E-state index in [2.05, 4.69) is 4.90 Å². The fraction of sp³-hybridized carbons (Fsp3) is 0.231. The molecule has 0 bridgehead atoms. The number of hydrogen-bond acceptors (Lipinski definition) is 7. The Bertz CT molecular complexity index is 1200. The first-order chi connectivity index (χ1) is 16.7. The lowest BCUT2D eigenvalue weighted by molar-refractivity contribution is -0.122. The summed E-state index contributed by atoms with van der Waals surface area (Å²) in [5.74, 6) is 2.11. The maximum atomic E-state index is 13.4. The molecule has 174 valence electrons. The lowest BCUT2D eigenvalue weighted by Crippen LogP contribution is -2.35. The molecule has 0 N–H and O–H groups in total. The molecular weight excluding hydrogens is 450 g/mol. The van der Waals surface area contributed by atoms with Crippen LogP contribution in [0.5, 0.6) is 5.75 Å². The minimum Gasteiger partial charge on any atom is -0.497 e. The Labute approximate surface area is 202 Å². The van der Waals surface area contributed by atoms with Crippen molar-refractivity contribution in [3.63, 3.8) is 0 Å². The molecule has 2 aliphatic heterocycles. The number of ether oxygens (including phenoxy) is 2. The van der Waals surface area contributed by atoms with Gasteiger partial charge < -0.3 is 18.8 Å². The molecule has 2 saturated heterocycles. The molecule has 5 rings (SSSR count). The molecule has 0 atom stereocenters. The quantitative estimate of drug-likeness (QED) is 0.471. The minimum atomic E-state index is -0.0974. The number of aliphatic imine (C=N–C) groups is 1. The first-order valence-electron chi connectivity index (χ1n) is 11.1. The molecule has 1 amide bonds. The van der Waals surface area contributed by atoms with Crippen LogP contribution in [0, 0.1) is 0 Å². The normalized spacial score (nSPS) is 18.8. The van der Waals surface area contributed by atoms with Crippen molar-refractivity contribution >= 4 is 40.5 Å². The third kappa shape index (κ3) is 5.03. The van der Waals surface area contributed by atoms with Gasteiger partial charge in [0, 0.05) is 25.2 Å². The number of benzene rings is 2. The van der Waals surface area contributed by atoms with E-state index in [0.29, 0.717) is 35.6 Å². The van der Waals surface area contributed by atoms with Gasteiger partial charge in [-0.25, -0.2) is 4.99 Å². The molecule has 3 aromatic rings. The van der Waals surface area contributed by atoms with E-state index < -0.39 is 0 Å². The molecule has 3 heterocycles. The van der Waals surface area contributed by atoms with Crippen LogP contribution in [0.15, 0.2) is 81.0 Å². The maximum absolute atomic E-state index is 13.4. The topological polar surface area (TPSA) is 67.5 Å². The fourth-order valence-corrected chi connectivity index (χ4v) is 4.74. The Morgan fingerprint density at radius 1 is 1.03 bits per heavy atom. The van der Waals surface area contributed by atoms with Crippen LogP contribution in [0.25, 0.3) is 6.08 Å². The van der Waals surface area contributed by atoms with E-state index in [4.69, 9.17) is 18.9 Å². The molecule has 0 radical (unpaired) electrons. The van der Waals surface area contributed by atoms with Crippen molar-refractivity contribution < 1.29 is 18.7 Å². The van der Waals surface area contributed by atoms with Gasteiger partial charge in [-0.2, -0.15) is 0 Å². The van der Waals surface area contributed by atoms with Gasteiger partial charge in [-0.05, 0) is 47.7 Å². The number of amidine groups is 1. The van der Waals surface area contributed by atoms with Crippen LogP contribution >= 0.6 is 11.8 Å². The standard InChI is InChI=1S/C26H25N3O4S/c1-31-21-9-7-19(8-10-21)18-29-25(30)23(34-26(29)27-20-5-3-2-4-6-20)17-22-11-12-24(33-22)28-13-15-32-16-14-28/h2-12,17H,13-16,18H2,1H3/b23-17-,27-26?. The molecule has 1 aromatic heterocycles. The Kier molecular flexibility index (Phi) is 6.69. The number of carbonyl (C=O) groups excluding carboxylic acids is 1. The molecule has 2 aliphatic rings.